The highest BCUT2D eigenvalue weighted by molar-refractivity contribution is 7.89. The Morgan fingerprint density at radius 3 is 2.57 bits per heavy atom. The van der Waals surface area contributed by atoms with E-state index in [1.807, 2.05) is 44.2 Å². The molecule has 51 heavy (non-hydrogen) atoms. The van der Waals surface area contributed by atoms with Crippen LogP contribution in [0.25, 0.3) is 0 Å². The number of aliphatic hydroxyl groups is 1. The van der Waals surface area contributed by atoms with E-state index in [9.17, 15) is 23.1 Å². The Bertz CT molecular complexity index is 1570. The number of carbonyl (C=O) groups excluding carboxylic acids is 2. The van der Waals surface area contributed by atoms with Crippen molar-refractivity contribution in [3.05, 3.63) is 54.1 Å². The van der Waals surface area contributed by atoms with Gasteiger partial charge in [0.25, 0.3) is 0 Å². The van der Waals surface area contributed by atoms with Gasteiger partial charge in [0.15, 0.2) is 17.8 Å². The Labute approximate surface area is 300 Å². The summed E-state index contributed by atoms with van der Waals surface area (Å²) in [6.07, 6.45) is -0.707. The van der Waals surface area contributed by atoms with Crippen LogP contribution in [0.2, 0.25) is 0 Å². The first-order valence-corrected chi connectivity index (χ1v) is 19.0. The van der Waals surface area contributed by atoms with Crippen molar-refractivity contribution < 1.29 is 51.5 Å². The maximum Gasteiger partial charge on any atom is 0.407 e. The van der Waals surface area contributed by atoms with Gasteiger partial charge in [-0.05, 0) is 62.6 Å². The highest BCUT2D eigenvalue weighted by atomic mass is 32.2. The molecule has 3 N–H and O–H groups in total. The van der Waals surface area contributed by atoms with Gasteiger partial charge >= 0.3 is 12.2 Å². The molecule has 2 fully saturated rings. The molecule has 5 rings (SSSR count). The summed E-state index contributed by atoms with van der Waals surface area (Å²) in [5.41, 5.74) is 0.303. The van der Waals surface area contributed by atoms with E-state index in [0.717, 1.165) is 5.56 Å². The molecular formula is C36H51N3O11S. The molecule has 0 radical (unpaired) electrons. The van der Waals surface area contributed by atoms with E-state index in [2.05, 4.69) is 10.6 Å². The van der Waals surface area contributed by atoms with Gasteiger partial charge in [0.2, 0.25) is 16.8 Å². The van der Waals surface area contributed by atoms with Crippen molar-refractivity contribution in [3.8, 4) is 11.5 Å². The van der Waals surface area contributed by atoms with Crippen LogP contribution in [0.3, 0.4) is 0 Å². The first kappa shape index (κ1) is 38.6. The van der Waals surface area contributed by atoms with E-state index in [-0.39, 0.29) is 49.8 Å². The zero-order chi connectivity index (χ0) is 36.6. The Morgan fingerprint density at radius 2 is 1.80 bits per heavy atom. The SMILES string of the molecule is CC(C)OC(=O)NCCCCC(C)(C)CN(C[C@@H](O)[C@H](Cc1ccccc1)NC(=O)O[C@@H]1CO[C@@H]2OCC[C@@H]21)S(=O)(=O)c1ccc2c(c1)OCO2. The number of ether oxygens (including phenoxy) is 6. The molecule has 15 heteroatoms. The molecule has 3 aliphatic rings. The van der Waals surface area contributed by atoms with Gasteiger partial charge in [-0.2, -0.15) is 4.31 Å². The quantitative estimate of drug-likeness (QED) is 0.199. The van der Waals surface area contributed by atoms with Gasteiger partial charge in [-0.15, -0.1) is 0 Å². The average molecular weight is 734 g/mol. The number of hydrogen-bond donors (Lipinski definition) is 3. The van der Waals surface area contributed by atoms with Crippen LogP contribution in [-0.2, 0) is 35.4 Å². The molecule has 14 nitrogen and oxygen atoms in total. The van der Waals surface area contributed by atoms with Crippen LogP contribution in [-0.4, -0.2) is 100 Å². The summed E-state index contributed by atoms with van der Waals surface area (Å²) in [6, 6.07) is 12.9. The Balaban J connectivity index is 1.31. The molecule has 0 aliphatic carbocycles. The number of nitrogens with one attached hydrogen (secondary N) is 2. The summed E-state index contributed by atoms with van der Waals surface area (Å²) in [6.45, 7) is 8.38. The second-order valence-corrected chi connectivity index (χ2v) is 16.2. The average Bonchev–Trinajstić information content (AvgIpc) is 3.83. The third-order valence-electron chi connectivity index (χ3n) is 9.18. The standard InChI is InChI=1S/C36H51N3O11S/c1-24(2)49-34(41)37-16-9-8-15-36(3,4)22-39(51(43,44)26-12-13-30-31(19-26)48-23-47-30)20-29(40)28(18-25-10-6-5-7-11-25)38-35(42)50-32-21-46-33-27(32)14-17-45-33/h5-7,10-13,19,24,27-29,32-33,40H,8-9,14-18,20-23H2,1-4H3,(H,37,41)(H,38,42)/t27-,28+,29-,32-,33+/m1/s1. The van der Waals surface area contributed by atoms with Crippen molar-refractivity contribution in [2.45, 2.75) is 95.3 Å². The normalized spacial score (nSPS) is 21.0. The molecule has 282 valence electrons. The van der Waals surface area contributed by atoms with Gasteiger partial charge in [0, 0.05) is 25.7 Å². The zero-order valence-electron chi connectivity index (χ0n) is 29.7. The van der Waals surface area contributed by atoms with Gasteiger partial charge in [0.05, 0.1) is 42.3 Å². The van der Waals surface area contributed by atoms with Crippen LogP contribution in [0.1, 0.15) is 58.9 Å². The zero-order valence-corrected chi connectivity index (χ0v) is 30.6. The van der Waals surface area contributed by atoms with E-state index >= 15 is 0 Å². The number of fused-ring (bicyclic) bond motifs is 2. The predicted molar refractivity (Wildman–Crippen MR) is 186 cm³/mol. The van der Waals surface area contributed by atoms with Gasteiger partial charge in [-0.25, -0.2) is 18.0 Å². The summed E-state index contributed by atoms with van der Waals surface area (Å²) in [7, 11) is -4.18. The number of benzene rings is 2. The number of aliphatic hydroxyl groups excluding tert-OH is 1. The first-order valence-electron chi connectivity index (χ1n) is 17.6. The van der Waals surface area contributed by atoms with Crippen LogP contribution in [0.15, 0.2) is 53.4 Å². The van der Waals surface area contributed by atoms with Crippen molar-refractivity contribution in [2.24, 2.45) is 11.3 Å². The lowest BCUT2D eigenvalue weighted by Crippen LogP contribution is -2.52. The Hall–Kier alpha value is -3.63. The summed E-state index contributed by atoms with van der Waals surface area (Å²) < 4.78 is 62.8. The first-order chi connectivity index (χ1) is 24.3. The molecule has 5 atom stereocenters. The fourth-order valence-corrected chi connectivity index (χ4v) is 8.19. The van der Waals surface area contributed by atoms with Crippen LogP contribution < -0.4 is 20.1 Å². The third-order valence-corrected chi connectivity index (χ3v) is 11.0. The highest BCUT2D eigenvalue weighted by Gasteiger charge is 2.44. The third kappa shape index (κ3) is 10.7. The highest BCUT2D eigenvalue weighted by Crippen LogP contribution is 2.36. The van der Waals surface area contributed by atoms with Gasteiger partial charge in [-0.1, -0.05) is 50.6 Å². The van der Waals surface area contributed by atoms with Crippen molar-refractivity contribution in [1.29, 1.82) is 0 Å². The molecule has 0 unspecified atom stereocenters. The largest absolute Gasteiger partial charge is 0.454 e. The molecule has 0 aromatic heterocycles. The minimum atomic E-state index is -4.18. The number of unbranched alkanes of at least 4 members (excludes halogenated alkanes) is 1. The predicted octanol–water partition coefficient (Wildman–Crippen LogP) is 4.20. The minimum absolute atomic E-state index is 0.0100. The van der Waals surface area contributed by atoms with E-state index in [1.54, 1.807) is 19.9 Å². The maximum absolute atomic E-state index is 14.3. The molecule has 0 bridgehead atoms. The molecule has 0 spiro atoms. The summed E-state index contributed by atoms with van der Waals surface area (Å²) in [5.74, 6) is 0.694. The topological polar surface area (TPSA) is 171 Å². The monoisotopic (exact) mass is 733 g/mol. The van der Waals surface area contributed by atoms with Crippen LogP contribution in [0.4, 0.5) is 9.59 Å². The Morgan fingerprint density at radius 1 is 1.04 bits per heavy atom. The molecule has 3 aliphatic heterocycles. The van der Waals surface area contributed by atoms with Gasteiger partial charge < -0.3 is 44.2 Å². The minimum Gasteiger partial charge on any atom is -0.454 e. The molecule has 2 saturated heterocycles. The molecule has 2 aromatic rings. The number of nitrogens with zero attached hydrogens (tertiary/aromatic N) is 1. The van der Waals surface area contributed by atoms with Gasteiger partial charge in [0.1, 0.15) is 6.10 Å². The summed E-state index contributed by atoms with van der Waals surface area (Å²) >= 11 is 0. The molecular weight excluding hydrogens is 682 g/mol. The van der Waals surface area contributed by atoms with Crippen LogP contribution in [0, 0.1) is 11.3 Å². The lowest BCUT2D eigenvalue weighted by atomic mass is 9.87. The summed E-state index contributed by atoms with van der Waals surface area (Å²) in [4.78, 5) is 25.1. The van der Waals surface area contributed by atoms with E-state index in [1.165, 1.54) is 16.4 Å². The fourth-order valence-electron chi connectivity index (χ4n) is 6.52. The van der Waals surface area contributed by atoms with Crippen molar-refractivity contribution in [1.82, 2.24) is 14.9 Å². The lowest BCUT2D eigenvalue weighted by molar-refractivity contribution is -0.0907. The van der Waals surface area contributed by atoms with E-state index in [0.29, 0.717) is 50.3 Å². The van der Waals surface area contributed by atoms with Crippen LogP contribution >= 0.6 is 0 Å². The number of rotatable bonds is 17. The Kier molecular flexibility index (Phi) is 13.1. The van der Waals surface area contributed by atoms with Crippen molar-refractivity contribution in [2.75, 3.05) is 39.6 Å². The number of alkyl carbamates (subject to hydrolysis) is 2. The fraction of sp³-hybridized carbons (Fsp3) is 0.611. The van der Waals surface area contributed by atoms with Crippen molar-refractivity contribution in [3.63, 3.8) is 0 Å². The number of sulfonamides is 1. The molecule has 0 saturated carbocycles. The number of carbonyl (C=O) groups is 2. The second kappa shape index (κ2) is 17.3. The lowest BCUT2D eigenvalue weighted by Gasteiger charge is -2.35. The molecule has 2 amide bonds. The number of hydrogen-bond acceptors (Lipinski definition) is 11. The van der Waals surface area contributed by atoms with Crippen LogP contribution in [0.5, 0.6) is 11.5 Å². The van der Waals surface area contributed by atoms with Gasteiger partial charge in [-0.3, -0.25) is 0 Å². The molecule has 3 heterocycles. The number of amides is 2. The van der Waals surface area contributed by atoms with Crippen molar-refractivity contribution >= 4 is 22.2 Å². The smallest absolute Gasteiger partial charge is 0.407 e. The molecule has 2 aromatic carbocycles. The second-order valence-electron chi connectivity index (χ2n) is 14.3. The maximum atomic E-state index is 14.3. The van der Waals surface area contributed by atoms with E-state index < -0.39 is 52.2 Å². The summed E-state index contributed by atoms with van der Waals surface area (Å²) in [5, 5.41) is 17.4. The van der Waals surface area contributed by atoms with E-state index in [4.69, 9.17) is 28.4 Å².